The van der Waals surface area contributed by atoms with Gasteiger partial charge in [0.05, 0.1) is 0 Å². The number of ether oxygens (including phenoxy) is 3. The molecule has 1 unspecified atom stereocenters. The minimum atomic E-state index is -0.823. The van der Waals surface area contributed by atoms with E-state index < -0.39 is 6.10 Å². The summed E-state index contributed by atoms with van der Waals surface area (Å²) in [4.78, 5) is 38.2. The Bertz CT molecular complexity index is 1660. The molecule has 6 nitrogen and oxygen atoms in total. The molecule has 0 aromatic heterocycles. The second-order valence-corrected chi connectivity index (χ2v) is 18.3. The Morgan fingerprint density at radius 3 is 1.03 bits per heavy atom. The van der Waals surface area contributed by atoms with E-state index in [0.29, 0.717) is 12.8 Å². The Kier molecular flexibility index (Phi) is 54.6. The van der Waals surface area contributed by atoms with Gasteiger partial charge in [-0.05, 0) is 103 Å². The third kappa shape index (κ3) is 56.0. The second-order valence-electron chi connectivity index (χ2n) is 18.3. The first-order chi connectivity index (χ1) is 35.5. The van der Waals surface area contributed by atoms with Crippen LogP contribution in [0, 0.1) is 0 Å². The molecule has 0 radical (unpaired) electrons. The van der Waals surface area contributed by atoms with Crippen LogP contribution in [0.2, 0.25) is 0 Å². The van der Waals surface area contributed by atoms with Crippen LogP contribution in [0.15, 0.2) is 158 Å². The fourth-order valence-corrected chi connectivity index (χ4v) is 7.23. The van der Waals surface area contributed by atoms with Crippen LogP contribution in [0.4, 0.5) is 0 Å². The van der Waals surface area contributed by atoms with E-state index in [0.717, 1.165) is 135 Å². The van der Waals surface area contributed by atoms with E-state index in [1.54, 1.807) is 0 Å². The van der Waals surface area contributed by atoms with Gasteiger partial charge >= 0.3 is 17.9 Å². The van der Waals surface area contributed by atoms with Gasteiger partial charge in [0, 0.05) is 19.3 Å². The third-order valence-corrected chi connectivity index (χ3v) is 11.5. The minimum absolute atomic E-state index is 0.116. The molecule has 72 heavy (non-hydrogen) atoms. The van der Waals surface area contributed by atoms with Crippen molar-refractivity contribution in [1.82, 2.24) is 0 Å². The molecule has 0 aliphatic heterocycles. The predicted molar refractivity (Wildman–Crippen MR) is 311 cm³/mol. The Balaban J connectivity index is 4.58. The van der Waals surface area contributed by atoms with E-state index in [1.807, 2.05) is 60.8 Å². The van der Waals surface area contributed by atoms with Crippen molar-refractivity contribution in [1.29, 1.82) is 0 Å². The van der Waals surface area contributed by atoms with Crippen LogP contribution in [-0.2, 0) is 28.6 Å². The highest BCUT2D eigenvalue weighted by molar-refractivity contribution is 5.71. The molecule has 6 heteroatoms. The summed E-state index contributed by atoms with van der Waals surface area (Å²) in [6.45, 7) is 6.28. The smallest absolute Gasteiger partial charge is 0.306 e. The number of unbranched alkanes of at least 4 members (excludes halogenated alkanes) is 19. The molecule has 0 N–H and O–H groups in total. The van der Waals surface area contributed by atoms with Crippen LogP contribution in [0.5, 0.6) is 0 Å². The summed E-state index contributed by atoms with van der Waals surface area (Å²) in [6.07, 6.45) is 85.0. The molecule has 0 bridgehead atoms. The molecule has 1 atom stereocenters. The first-order valence-electron chi connectivity index (χ1n) is 28.6. The summed E-state index contributed by atoms with van der Waals surface area (Å²) in [5.41, 5.74) is 0. The van der Waals surface area contributed by atoms with Crippen LogP contribution in [0.1, 0.15) is 220 Å². The SMILES string of the molecule is CC\C=C/C=C\C=C/C=C\C=C\C=C/CCCCCC(=O)OCC(COC(=O)CCCCCCCC/C=C\C/C=C\C/C=C\C/C=C\CC)OC(=O)CCCCCCC\C=C/C=C\C=C/CCCCCCC. The van der Waals surface area contributed by atoms with Crippen molar-refractivity contribution >= 4 is 17.9 Å². The molecular weight excluding hydrogens is 889 g/mol. The van der Waals surface area contributed by atoms with Crippen molar-refractivity contribution in [2.75, 3.05) is 13.2 Å². The first kappa shape index (κ1) is 67.0. The zero-order chi connectivity index (χ0) is 52.2. The van der Waals surface area contributed by atoms with Crippen molar-refractivity contribution in [2.24, 2.45) is 0 Å². The lowest BCUT2D eigenvalue weighted by molar-refractivity contribution is -0.167. The lowest BCUT2D eigenvalue weighted by Crippen LogP contribution is -2.30. The van der Waals surface area contributed by atoms with Gasteiger partial charge in [0.25, 0.3) is 0 Å². The molecule has 0 amide bonds. The summed E-state index contributed by atoms with van der Waals surface area (Å²) in [7, 11) is 0. The lowest BCUT2D eigenvalue weighted by atomic mass is 10.1. The van der Waals surface area contributed by atoms with Crippen molar-refractivity contribution in [3.8, 4) is 0 Å². The van der Waals surface area contributed by atoms with Crippen LogP contribution >= 0.6 is 0 Å². The van der Waals surface area contributed by atoms with Crippen molar-refractivity contribution in [2.45, 2.75) is 226 Å². The fraction of sp³-hybridized carbons (Fsp3) is 0.561. The Morgan fingerprint density at radius 1 is 0.306 bits per heavy atom. The van der Waals surface area contributed by atoms with Gasteiger partial charge in [0.1, 0.15) is 13.2 Å². The number of hydrogen-bond acceptors (Lipinski definition) is 6. The van der Waals surface area contributed by atoms with Gasteiger partial charge in [-0.1, -0.05) is 256 Å². The minimum Gasteiger partial charge on any atom is -0.462 e. The number of hydrogen-bond donors (Lipinski definition) is 0. The van der Waals surface area contributed by atoms with E-state index in [2.05, 4.69) is 118 Å². The van der Waals surface area contributed by atoms with Crippen molar-refractivity contribution in [3.05, 3.63) is 158 Å². The molecule has 0 aromatic rings. The number of allylic oxidation sites excluding steroid dienone is 26. The third-order valence-electron chi connectivity index (χ3n) is 11.5. The Morgan fingerprint density at radius 2 is 0.611 bits per heavy atom. The fourth-order valence-electron chi connectivity index (χ4n) is 7.23. The highest BCUT2D eigenvalue weighted by Gasteiger charge is 2.19. The number of esters is 3. The maximum atomic E-state index is 12.9. The monoisotopic (exact) mass is 991 g/mol. The first-order valence-corrected chi connectivity index (χ1v) is 28.6. The predicted octanol–water partition coefficient (Wildman–Crippen LogP) is 19.4. The van der Waals surface area contributed by atoms with E-state index in [1.165, 1.54) is 44.9 Å². The molecule has 0 heterocycles. The van der Waals surface area contributed by atoms with Crippen LogP contribution < -0.4 is 0 Å². The largest absolute Gasteiger partial charge is 0.462 e. The van der Waals surface area contributed by atoms with Crippen molar-refractivity contribution < 1.29 is 28.6 Å². The molecule has 0 aliphatic carbocycles. The highest BCUT2D eigenvalue weighted by Crippen LogP contribution is 2.13. The molecular formula is C66H102O6. The zero-order valence-corrected chi connectivity index (χ0v) is 45.9. The van der Waals surface area contributed by atoms with Crippen LogP contribution in [0.25, 0.3) is 0 Å². The number of carbonyl (C=O) groups is 3. The Labute approximate surface area is 441 Å². The van der Waals surface area contributed by atoms with E-state index in [9.17, 15) is 14.4 Å². The molecule has 0 aliphatic rings. The summed E-state index contributed by atoms with van der Waals surface area (Å²) >= 11 is 0. The van der Waals surface area contributed by atoms with E-state index >= 15 is 0 Å². The summed E-state index contributed by atoms with van der Waals surface area (Å²) in [5, 5.41) is 0. The molecule has 0 fully saturated rings. The molecule has 0 saturated carbocycles. The summed E-state index contributed by atoms with van der Waals surface area (Å²) in [5.74, 6) is -1.00. The summed E-state index contributed by atoms with van der Waals surface area (Å²) in [6, 6.07) is 0. The molecule has 402 valence electrons. The van der Waals surface area contributed by atoms with Gasteiger partial charge in [-0.15, -0.1) is 0 Å². The highest BCUT2D eigenvalue weighted by atomic mass is 16.6. The van der Waals surface area contributed by atoms with Gasteiger partial charge in [0.15, 0.2) is 6.10 Å². The maximum Gasteiger partial charge on any atom is 0.306 e. The van der Waals surface area contributed by atoms with Gasteiger partial charge in [-0.25, -0.2) is 0 Å². The average Bonchev–Trinajstić information content (AvgIpc) is 3.38. The van der Waals surface area contributed by atoms with Gasteiger partial charge < -0.3 is 14.2 Å². The Hall–Kier alpha value is -4.97. The number of rotatable bonds is 49. The van der Waals surface area contributed by atoms with Gasteiger partial charge in [-0.3, -0.25) is 14.4 Å². The van der Waals surface area contributed by atoms with Crippen molar-refractivity contribution in [3.63, 3.8) is 0 Å². The normalized spacial score (nSPS) is 13.3. The van der Waals surface area contributed by atoms with Gasteiger partial charge in [0.2, 0.25) is 0 Å². The lowest BCUT2D eigenvalue weighted by Gasteiger charge is -2.18. The topological polar surface area (TPSA) is 78.9 Å². The molecule has 0 saturated heterocycles. The molecule has 0 aromatic carbocycles. The van der Waals surface area contributed by atoms with Crippen LogP contribution in [0.3, 0.4) is 0 Å². The standard InChI is InChI=1S/C66H102O6/c1-4-7-10-13-16-19-22-25-28-31-33-36-38-41-44-47-50-53-56-59-65(68)71-62-63(61-70-64(67)58-55-52-49-46-43-40-37-34-30-27-24-21-18-15-12-9-6-3)72-66(69)60-57-54-51-48-45-42-39-35-32-29-26-23-20-17-14-11-8-5-2/h7,9-10,12,15-16,18-19,21,23-30,32-37,39-40,43,63H,4-6,8,11,13-14,17,20,22,31,38,41-42,44-62H2,1-3H3/b10-7-,12-9-,18-15-,19-16-,24-21-,26-23-,28-25-,30-27-,32-29-,36-33-,37-34+,39-35-,43-40-. The number of carbonyl (C=O) groups excluding carboxylic acids is 3. The average molecular weight is 992 g/mol. The molecule has 0 spiro atoms. The van der Waals surface area contributed by atoms with Crippen LogP contribution in [-0.4, -0.2) is 37.2 Å². The molecule has 0 rings (SSSR count). The van der Waals surface area contributed by atoms with E-state index in [-0.39, 0.29) is 37.5 Å². The zero-order valence-electron chi connectivity index (χ0n) is 45.9. The quantitative estimate of drug-likeness (QED) is 0.0199. The maximum absolute atomic E-state index is 12.9. The second kappa shape index (κ2) is 58.6. The van der Waals surface area contributed by atoms with E-state index in [4.69, 9.17) is 14.2 Å². The summed E-state index contributed by atoms with van der Waals surface area (Å²) < 4.78 is 16.8. The van der Waals surface area contributed by atoms with Gasteiger partial charge in [-0.2, -0.15) is 0 Å².